The van der Waals surface area contributed by atoms with E-state index in [9.17, 15) is 9.90 Å². The number of carboxylic acid groups (broad SMARTS) is 1. The third-order valence-electron chi connectivity index (χ3n) is 8.34. The third-order valence-corrected chi connectivity index (χ3v) is 8.34. The van der Waals surface area contributed by atoms with Gasteiger partial charge in [-0.3, -0.25) is 4.90 Å². The zero-order valence-corrected chi connectivity index (χ0v) is 23.1. The van der Waals surface area contributed by atoms with Gasteiger partial charge in [-0.25, -0.2) is 9.78 Å². The second-order valence-electron chi connectivity index (χ2n) is 10.8. The zero-order valence-electron chi connectivity index (χ0n) is 23.1. The van der Waals surface area contributed by atoms with Crippen LogP contribution in [0.1, 0.15) is 27.2 Å². The lowest BCUT2D eigenvalue weighted by molar-refractivity contribution is 0.0365. The minimum absolute atomic E-state index is 0.289. The van der Waals surface area contributed by atoms with E-state index in [4.69, 9.17) is 9.72 Å². The molecule has 1 aliphatic rings. The summed E-state index contributed by atoms with van der Waals surface area (Å²) < 4.78 is 10.0. The summed E-state index contributed by atoms with van der Waals surface area (Å²) in [5.74, 6) is -0.949. The Balaban J connectivity index is 1.37. The summed E-state index contributed by atoms with van der Waals surface area (Å²) in [6.45, 7) is 7.55. The Bertz CT molecular complexity index is 1910. The maximum Gasteiger partial charge on any atom is 0.337 e. The molecule has 0 atom stereocenters. The smallest absolute Gasteiger partial charge is 0.337 e. The molecular weight excluding hydrogens is 512 g/mol. The fraction of sp³-hybridized carbons (Fsp3) is 0.235. The summed E-state index contributed by atoms with van der Waals surface area (Å²) in [7, 11) is 0. The summed E-state index contributed by atoms with van der Waals surface area (Å²) in [5.41, 5.74) is 7.09. The van der Waals surface area contributed by atoms with Crippen molar-refractivity contribution in [1.82, 2.24) is 18.9 Å². The molecule has 206 valence electrons. The quantitative estimate of drug-likeness (QED) is 0.265. The monoisotopic (exact) mass is 544 g/mol. The highest BCUT2D eigenvalue weighted by Gasteiger charge is 2.23. The minimum Gasteiger partial charge on any atom is -0.478 e. The number of fused-ring (bicyclic) bond motifs is 3. The van der Waals surface area contributed by atoms with Crippen LogP contribution in [0.25, 0.3) is 38.6 Å². The first-order valence-corrected chi connectivity index (χ1v) is 14.2. The molecule has 7 rings (SSSR count). The van der Waals surface area contributed by atoms with Gasteiger partial charge in [-0.2, -0.15) is 0 Å². The number of aryl methyl sites for hydroxylation is 1. The lowest BCUT2D eigenvalue weighted by Gasteiger charge is -2.26. The number of carbonyl (C=O) groups is 1. The van der Waals surface area contributed by atoms with Gasteiger partial charge in [0.2, 0.25) is 0 Å². The molecule has 0 aliphatic carbocycles. The number of pyridine rings is 1. The first-order valence-electron chi connectivity index (χ1n) is 14.2. The summed E-state index contributed by atoms with van der Waals surface area (Å²) in [6.07, 6.45) is 4.92. The third kappa shape index (κ3) is 4.57. The number of aromatic carboxylic acids is 1. The van der Waals surface area contributed by atoms with E-state index in [1.807, 2.05) is 60.8 Å². The molecule has 0 saturated carbocycles. The number of rotatable bonds is 7. The van der Waals surface area contributed by atoms with E-state index < -0.39 is 5.97 Å². The average molecular weight is 545 g/mol. The van der Waals surface area contributed by atoms with Crippen LogP contribution in [0.4, 0.5) is 0 Å². The van der Waals surface area contributed by atoms with Crippen LogP contribution in [0.15, 0.2) is 85.2 Å². The van der Waals surface area contributed by atoms with Crippen LogP contribution in [-0.4, -0.2) is 62.8 Å². The number of imidazole rings is 1. The molecule has 0 radical (unpaired) electrons. The van der Waals surface area contributed by atoms with Crippen molar-refractivity contribution < 1.29 is 14.6 Å². The Morgan fingerprint density at radius 2 is 1.78 bits per heavy atom. The first kappa shape index (κ1) is 25.5. The fourth-order valence-corrected chi connectivity index (χ4v) is 6.34. The number of aromatic nitrogens is 3. The van der Waals surface area contributed by atoms with E-state index in [1.165, 1.54) is 22.0 Å². The molecule has 1 fully saturated rings. The van der Waals surface area contributed by atoms with Crippen molar-refractivity contribution in [3.05, 3.63) is 108 Å². The number of benzene rings is 3. The number of hydrogen-bond donors (Lipinski definition) is 1. The van der Waals surface area contributed by atoms with Crippen LogP contribution in [0.2, 0.25) is 0 Å². The molecule has 3 aromatic carbocycles. The maximum atomic E-state index is 12.7. The van der Waals surface area contributed by atoms with Gasteiger partial charge in [-0.15, -0.1) is 0 Å². The van der Waals surface area contributed by atoms with Gasteiger partial charge in [0, 0.05) is 61.5 Å². The van der Waals surface area contributed by atoms with Gasteiger partial charge in [0.1, 0.15) is 5.65 Å². The molecule has 0 spiro atoms. The van der Waals surface area contributed by atoms with E-state index in [0.717, 1.165) is 61.5 Å². The number of carboxylic acids is 1. The van der Waals surface area contributed by atoms with Gasteiger partial charge >= 0.3 is 5.97 Å². The molecule has 0 bridgehead atoms. The lowest BCUT2D eigenvalue weighted by Crippen LogP contribution is -2.38. The molecule has 3 aromatic heterocycles. The van der Waals surface area contributed by atoms with Gasteiger partial charge in [0.15, 0.2) is 0 Å². The van der Waals surface area contributed by atoms with E-state index >= 15 is 0 Å². The maximum absolute atomic E-state index is 12.7. The molecule has 7 heteroatoms. The summed E-state index contributed by atoms with van der Waals surface area (Å²) in [5, 5.41) is 13.3. The SMILES string of the molecule is Cc1cccc2c1c(Cc1c(-c3ccc4ccccc4c3C(=O)O)nc3ccccn13)cn2CCN1CCOCC1. The van der Waals surface area contributed by atoms with Crippen molar-refractivity contribution in [2.24, 2.45) is 0 Å². The summed E-state index contributed by atoms with van der Waals surface area (Å²) in [4.78, 5) is 20.1. The van der Waals surface area contributed by atoms with E-state index in [-0.39, 0.29) is 5.56 Å². The van der Waals surface area contributed by atoms with Crippen LogP contribution < -0.4 is 0 Å². The van der Waals surface area contributed by atoms with Crippen molar-refractivity contribution in [1.29, 1.82) is 0 Å². The fourth-order valence-electron chi connectivity index (χ4n) is 6.34. The van der Waals surface area contributed by atoms with Gasteiger partial charge in [-0.1, -0.05) is 54.6 Å². The average Bonchev–Trinajstić information content (AvgIpc) is 3.55. The summed E-state index contributed by atoms with van der Waals surface area (Å²) >= 11 is 0. The lowest BCUT2D eigenvalue weighted by atomic mass is 9.94. The molecular formula is C34H32N4O3. The zero-order chi connectivity index (χ0) is 27.9. The molecule has 0 amide bonds. The van der Waals surface area contributed by atoms with Gasteiger partial charge < -0.3 is 18.8 Å². The van der Waals surface area contributed by atoms with Crippen molar-refractivity contribution in [3.63, 3.8) is 0 Å². The highest BCUT2D eigenvalue weighted by Crippen LogP contribution is 2.35. The molecule has 6 aromatic rings. The van der Waals surface area contributed by atoms with Crippen molar-refractivity contribution in [2.75, 3.05) is 32.8 Å². The Labute approximate surface area is 238 Å². The molecule has 0 unspecified atom stereocenters. The molecule has 1 saturated heterocycles. The molecule has 1 N–H and O–H groups in total. The summed E-state index contributed by atoms with van der Waals surface area (Å²) in [6, 6.07) is 24.0. The first-order chi connectivity index (χ1) is 20.1. The predicted molar refractivity (Wildman–Crippen MR) is 162 cm³/mol. The largest absolute Gasteiger partial charge is 0.478 e. The van der Waals surface area contributed by atoms with Crippen LogP contribution in [0, 0.1) is 6.92 Å². The molecule has 4 heterocycles. The van der Waals surface area contributed by atoms with E-state index in [0.29, 0.717) is 17.7 Å². The van der Waals surface area contributed by atoms with Gasteiger partial charge in [0.05, 0.1) is 30.2 Å². The number of ether oxygens (including phenoxy) is 1. The Kier molecular flexibility index (Phi) is 6.53. The van der Waals surface area contributed by atoms with Crippen molar-refractivity contribution >= 4 is 33.3 Å². The predicted octanol–water partition coefficient (Wildman–Crippen LogP) is 6.04. The second kappa shape index (κ2) is 10.5. The van der Waals surface area contributed by atoms with Crippen LogP contribution >= 0.6 is 0 Å². The standard InChI is InChI=1S/C34H32N4O3/c1-23-7-6-10-28-31(23)25(22-37(28)16-15-36-17-19-41-20-18-36)21-29-33(35-30-11-4-5-14-38(29)30)27-13-12-24-8-2-3-9-26(24)32(27)34(39)40/h2-14,22H,15-21H2,1H3,(H,39,40). The number of hydrogen-bond acceptors (Lipinski definition) is 4. The molecule has 41 heavy (non-hydrogen) atoms. The van der Waals surface area contributed by atoms with Gasteiger partial charge in [-0.05, 0) is 47.0 Å². The Morgan fingerprint density at radius 3 is 2.63 bits per heavy atom. The van der Waals surface area contributed by atoms with Crippen LogP contribution in [0.5, 0.6) is 0 Å². The highest BCUT2D eigenvalue weighted by molar-refractivity contribution is 6.09. The van der Waals surface area contributed by atoms with Crippen LogP contribution in [-0.2, 0) is 17.7 Å². The Hall–Kier alpha value is -4.46. The Morgan fingerprint density at radius 1 is 0.951 bits per heavy atom. The second-order valence-corrected chi connectivity index (χ2v) is 10.8. The molecule has 7 nitrogen and oxygen atoms in total. The van der Waals surface area contributed by atoms with Crippen molar-refractivity contribution in [3.8, 4) is 11.3 Å². The number of morpholine rings is 1. The van der Waals surface area contributed by atoms with Crippen LogP contribution in [0.3, 0.4) is 0 Å². The van der Waals surface area contributed by atoms with E-state index in [1.54, 1.807) is 0 Å². The topological polar surface area (TPSA) is 72.0 Å². The molecule has 1 aliphatic heterocycles. The normalized spacial score (nSPS) is 14.4. The highest BCUT2D eigenvalue weighted by atomic mass is 16.5. The minimum atomic E-state index is -0.949. The van der Waals surface area contributed by atoms with Crippen molar-refractivity contribution in [2.45, 2.75) is 19.9 Å². The number of nitrogens with zero attached hydrogens (tertiary/aromatic N) is 4. The van der Waals surface area contributed by atoms with Gasteiger partial charge in [0.25, 0.3) is 0 Å². The van der Waals surface area contributed by atoms with E-state index in [2.05, 4.69) is 45.2 Å².